The fourth-order valence-corrected chi connectivity index (χ4v) is 5.20. The minimum absolute atomic E-state index is 0.0114. The molecule has 0 saturated carbocycles. The lowest BCUT2D eigenvalue weighted by molar-refractivity contribution is -0.275. The monoisotopic (exact) mass is 531 g/mol. The largest absolute Gasteiger partial charge is 0.573 e. The van der Waals surface area contributed by atoms with Crippen molar-refractivity contribution in [2.75, 3.05) is 10.6 Å². The van der Waals surface area contributed by atoms with E-state index in [4.69, 9.17) is 16.3 Å². The molecular formula is C22H14ClF4NO4S2. The van der Waals surface area contributed by atoms with Crippen LogP contribution in [0.5, 0.6) is 17.2 Å². The van der Waals surface area contributed by atoms with Crippen LogP contribution in [0.3, 0.4) is 0 Å². The third-order valence-electron chi connectivity index (χ3n) is 4.46. The predicted molar refractivity (Wildman–Crippen MR) is 123 cm³/mol. The van der Waals surface area contributed by atoms with E-state index in [2.05, 4.69) is 4.74 Å². The van der Waals surface area contributed by atoms with Crippen LogP contribution in [0.15, 0.2) is 66.0 Å². The van der Waals surface area contributed by atoms with Crippen LogP contribution >= 0.6 is 22.9 Å². The van der Waals surface area contributed by atoms with Crippen molar-refractivity contribution >= 4 is 54.4 Å². The molecule has 0 aliphatic rings. The SMILES string of the molecule is CS(=O)(=O)N(c1cc(Cl)cc(Oc2ccc(F)c(OC(F)(F)F)c2)c1)c1ccc2sccc2c1. The molecule has 4 aromatic rings. The number of rotatable bonds is 6. The standard InChI is InChI=1S/C22H14ClF4NO4S2/c1-34(29,30)28(15-2-5-21-13(8-15)6-7-33-21)16-9-14(23)10-18(11-16)31-17-3-4-19(24)20(12-17)32-22(25,26)27/h2-12H,1H3. The molecule has 0 bridgehead atoms. The van der Waals surface area contributed by atoms with Crippen LogP contribution in [-0.2, 0) is 10.0 Å². The molecule has 0 spiro atoms. The van der Waals surface area contributed by atoms with Gasteiger partial charge in [0, 0.05) is 21.9 Å². The lowest BCUT2D eigenvalue weighted by Crippen LogP contribution is -2.24. The molecular weight excluding hydrogens is 518 g/mol. The molecule has 0 fully saturated rings. The fourth-order valence-electron chi connectivity index (χ4n) is 3.22. The van der Waals surface area contributed by atoms with E-state index in [1.807, 2.05) is 11.4 Å². The second-order valence-electron chi connectivity index (χ2n) is 7.06. The summed E-state index contributed by atoms with van der Waals surface area (Å²) in [5, 5.41) is 2.83. The van der Waals surface area contributed by atoms with Crippen LogP contribution in [-0.4, -0.2) is 21.0 Å². The highest BCUT2D eigenvalue weighted by Crippen LogP contribution is 2.38. The van der Waals surface area contributed by atoms with Crippen LogP contribution in [0.1, 0.15) is 0 Å². The second kappa shape index (κ2) is 8.97. The zero-order chi connectivity index (χ0) is 24.7. The van der Waals surface area contributed by atoms with Gasteiger partial charge in [0.1, 0.15) is 11.5 Å². The third-order valence-corrected chi connectivity index (χ3v) is 6.66. The van der Waals surface area contributed by atoms with E-state index in [0.29, 0.717) is 5.69 Å². The van der Waals surface area contributed by atoms with Crippen LogP contribution in [0, 0.1) is 5.82 Å². The van der Waals surface area contributed by atoms with Gasteiger partial charge in [0.2, 0.25) is 10.0 Å². The summed E-state index contributed by atoms with van der Waals surface area (Å²) in [6.45, 7) is 0. The van der Waals surface area contributed by atoms with E-state index >= 15 is 0 Å². The number of sulfonamides is 1. The molecule has 0 aliphatic heterocycles. The minimum atomic E-state index is -5.10. The molecule has 5 nitrogen and oxygen atoms in total. The Labute approximate surface area is 200 Å². The highest BCUT2D eigenvalue weighted by Gasteiger charge is 2.32. The van der Waals surface area contributed by atoms with Gasteiger partial charge in [-0.05, 0) is 59.3 Å². The Kier molecular flexibility index (Phi) is 6.36. The summed E-state index contributed by atoms with van der Waals surface area (Å²) in [4.78, 5) is 0. The van der Waals surface area contributed by atoms with E-state index in [1.54, 1.807) is 18.2 Å². The maximum Gasteiger partial charge on any atom is 0.573 e. The number of fused-ring (bicyclic) bond motifs is 1. The van der Waals surface area contributed by atoms with Crippen molar-refractivity contribution < 1.29 is 35.5 Å². The summed E-state index contributed by atoms with van der Waals surface area (Å²) in [5.74, 6) is -2.48. The molecule has 178 valence electrons. The average molecular weight is 532 g/mol. The lowest BCUT2D eigenvalue weighted by atomic mass is 10.2. The Hall–Kier alpha value is -3.02. The van der Waals surface area contributed by atoms with Crippen molar-refractivity contribution in [3.63, 3.8) is 0 Å². The number of anilines is 2. The summed E-state index contributed by atoms with van der Waals surface area (Å²) in [6, 6.07) is 13.6. The molecule has 0 saturated heterocycles. The van der Waals surface area contributed by atoms with Gasteiger partial charge in [0.05, 0.1) is 17.6 Å². The van der Waals surface area contributed by atoms with Gasteiger partial charge in [0.25, 0.3) is 0 Å². The summed E-state index contributed by atoms with van der Waals surface area (Å²) >= 11 is 7.69. The van der Waals surface area contributed by atoms with Gasteiger partial charge in [-0.1, -0.05) is 11.6 Å². The van der Waals surface area contributed by atoms with Crippen molar-refractivity contribution in [1.82, 2.24) is 0 Å². The smallest absolute Gasteiger partial charge is 0.457 e. The Bertz CT molecular complexity index is 1470. The Morgan fingerprint density at radius 3 is 2.41 bits per heavy atom. The van der Waals surface area contributed by atoms with Gasteiger partial charge in [0.15, 0.2) is 11.6 Å². The zero-order valence-electron chi connectivity index (χ0n) is 17.1. The van der Waals surface area contributed by atoms with Crippen molar-refractivity contribution in [3.8, 4) is 17.2 Å². The Morgan fingerprint density at radius 2 is 1.71 bits per heavy atom. The van der Waals surface area contributed by atoms with Crippen molar-refractivity contribution in [2.24, 2.45) is 0 Å². The number of ether oxygens (including phenoxy) is 2. The van der Waals surface area contributed by atoms with Crippen molar-refractivity contribution in [3.05, 3.63) is 76.9 Å². The normalized spacial score (nSPS) is 12.1. The fraction of sp³-hybridized carbons (Fsp3) is 0.0909. The molecule has 0 atom stereocenters. The summed E-state index contributed by atoms with van der Waals surface area (Å²) < 4.78 is 87.9. The van der Waals surface area contributed by atoms with Gasteiger partial charge in [-0.2, -0.15) is 0 Å². The van der Waals surface area contributed by atoms with Gasteiger partial charge >= 0.3 is 6.36 Å². The van der Waals surface area contributed by atoms with Crippen LogP contribution in [0.4, 0.5) is 28.9 Å². The summed E-state index contributed by atoms with van der Waals surface area (Å²) in [6.07, 6.45) is -4.07. The molecule has 0 radical (unpaired) electrons. The van der Waals surface area contributed by atoms with Crippen LogP contribution in [0.2, 0.25) is 5.02 Å². The molecule has 12 heteroatoms. The third kappa shape index (κ3) is 5.54. The van der Waals surface area contributed by atoms with Crippen molar-refractivity contribution in [2.45, 2.75) is 6.36 Å². The van der Waals surface area contributed by atoms with Gasteiger partial charge in [-0.25, -0.2) is 17.1 Å². The molecule has 34 heavy (non-hydrogen) atoms. The van der Waals surface area contributed by atoms with E-state index < -0.39 is 28.0 Å². The Morgan fingerprint density at radius 1 is 0.941 bits per heavy atom. The highest BCUT2D eigenvalue weighted by atomic mass is 35.5. The molecule has 1 heterocycles. The van der Waals surface area contributed by atoms with E-state index in [1.165, 1.54) is 29.5 Å². The van der Waals surface area contributed by atoms with Gasteiger partial charge in [-0.3, -0.25) is 0 Å². The number of thiophene rings is 1. The summed E-state index contributed by atoms with van der Waals surface area (Å²) in [5.41, 5.74) is 0.484. The van der Waals surface area contributed by atoms with Gasteiger partial charge in [-0.15, -0.1) is 24.5 Å². The molecule has 0 unspecified atom stereocenters. The van der Waals surface area contributed by atoms with E-state index in [0.717, 1.165) is 38.8 Å². The maximum absolute atomic E-state index is 13.7. The highest BCUT2D eigenvalue weighted by molar-refractivity contribution is 7.92. The predicted octanol–water partition coefficient (Wildman–Crippen LogP) is 7.48. The maximum atomic E-state index is 13.7. The number of benzene rings is 3. The number of halogens is 5. The molecule has 0 aliphatic carbocycles. The Balaban J connectivity index is 1.73. The topological polar surface area (TPSA) is 55.8 Å². The van der Waals surface area contributed by atoms with E-state index in [-0.39, 0.29) is 22.2 Å². The van der Waals surface area contributed by atoms with Crippen molar-refractivity contribution in [1.29, 1.82) is 0 Å². The summed E-state index contributed by atoms with van der Waals surface area (Å²) in [7, 11) is -3.83. The molecule has 0 amide bonds. The molecule has 0 N–H and O–H groups in total. The van der Waals surface area contributed by atoms with Crippen LogP contribution in [0.25, 0.3) is 10.1 Å². The molecule has 1 aromatic heterocycles. The number of nitrogens with zero attached hydrogens (tertiary/aromatic N) is 1. The first-order chi connectivity index (χ1) is 15.9. The zero-order valence-corrected chi connectivity index (χ0v) is 19.5. The quantitative estimate of drug-likeness (QED) is 0.242. The number of hydrogen-bond donors (Lipinski definition) is 0. The first kappa shape index (κ1) is 24.1. The first-order valence-electron chi connectivity index (χ1n) is 9.40. The first-order valence-corrected chi connectivity index (χ1v) is 12.5. The van der Waals surface area contributed by atoms with E-state index in [9.17, 15) is 26.0 Å². The number of alkyl halides is 3. The lowest BCUT2D eigenvalue weighted by Gasteiger charge is -2.23. The average Bonchev–Trinajstić information content (AvgIpc) is 3.16. The second-order valence-corrected chi connectivity index (χ2v) is 10.3. The molecule has 4 rings (SSSR count). The minimum Gasteiger partial charge on any atom is -0.457 e. The number of hydrogen-bond acceptors (Lipinski definition) is 5. The van der Waals surface area contributed by atoms with Crippen LogP contribution < -0.4 is 13.8 Å². The molecule has 3 aromatic carbocycles. The van der Waals surface area contributed by atoms with Gasteiger partial charge < -0.3 is 9.47 Å².